The molecule has 3 nitrogen and oxygen atoms in total. The number of carbonyl (C=O) groups is 1. The molecule has 0 radical (unpaired) electrons. The number of carbonyl (C=O) groups excluding carboxylic acids is 1. The van der Waals surface area contributed by atoms with Gasteiger partial charge in [0, 0.05) is 12.6 Å². The fourth-order valence-corrected chi connectivity index (χ4v) is 3.84. The first-order valence-corrected chi connectivity index (χ1v) is 8.22. The first kappa shape index (κ1) is 16.6. The molecule has 2 unspecified atom stereocenters. The predicted octanol–water partition coefficient (Wildman–Crippen LogP) is 2.90. The van der Waals surface area contributed by atoms with Crippen LogP contribution in [0.2, 0.25) is 0 Å². The van der Waals surface area contributed by atoms with Gasteiger partial charge in [-0.05, 0) is 44.7 Å². The van der Waals surface area contributed by atoms with Gasteiger partial charge in [-0.25, -0.2) is 0 Å². The van der Waals surface area contributed by atoms with Gasteiger partial charge in [0.1, 0.15) is 0 Å². The van der Waals surface area contributed by atoms with E-state index in [-0.39, 0.29) is 11.9 Å². The molecule has 0 aromatic heterocycles. The molecule has 3 heterocycles. The van der Waals surface area contributed by atoms with Crippen molar-refractivity contribution in [3.8, 4) is 0 Å². The van der Waals surface area contributed by atoms with Gasteiger partial charge in [-0.15, -0.1) is 0 Å². The minimum atomic E-state index is -4.36. The average Bonchev–Trinajstić information content (AvgIpc) is 2.50. The molecule has 4 rings (SSSR count). The molecule has 3 fully saturated rings. The van der Waals surface area contributed by atoms with E-state index in [9.17, 15) is 18.0 Å². The minimum Gasteiger partial charge on any atom is -0.351 e. The van der Waals surface area contributed by atoms with E-state index in [0.717, 1.165) is 44.6 Å². The number of amides is 1. The van der Waals surface area contributed by atoms with Crippen LogP contribution >= 0.6 is 0 Å². The van der Waals surface area contributed by atoms with Crippen molar-refractivity contribution < 1.29 is 18.0 Å². The van der Waals surface area contributed by atoms with Crippen LogP contribution in [0.25, 0.3) is 0 Å². The third kappa shape index (κ3) is 3.05. The first-order valence-electron chi connectivity index (χ1n) is 8.22. The lowest BCUT2D eigenvalue weighted by molar-refractivity contribution is -0.131. The normalized spacial score (nSPS) is 40.0. The largest absolute Gasteiger partial charge is 0.416 e. The van der Waals surface area contributed by atoms with Gasteiger partial charge in [0.05, 0.1) is 11.0 Å². The summed E-state index contributed by atoms with van der Waals surface area (Å²) in [5.41, 5.74) is -1.60. The van der Waals surface area contributed by atoms with Crippen LogP contribution in [-0.2, 0) is 4.79 Å². The van der Waals surface area contributed by atoms with Crippen molar-refractivity contribution in [2.45, 2.75) is 38.9 Å². The second kappa shape index (κ2) is 5.65. The molecule has 2 bridgehead atoms. The number of fused-ring (bicyclic) bond motifs is 3. The number of rotatable bonds is 2. The highest BCUT2D eigenvalue weighted by molar-refractivity contribution is 5.85. The number of hydrogen-bond donors (Lipinski definition) is 1. The molecule has 6 heteroatoms. The molecule has 0 aromatic carbocycles. The molecule has 23 heavy (non-hydrogen) atoms. The van der Waals surface area contributed by atoms with Crippen LogP contribution < -0.4 is 5.32 Å². The minimum absolute atomic E-state index is 0.121. The molecule has 1 aliphatic carbocycles. The Labute approximate surface area is 134 Å². The van der Waals surface area contributed by atoms with Crippen LogP contribution in [0.3, 0.4) is 0 Å². The van der Waals surface area contributed by atoms with E-state index in [4.69, 9.17) is 0 Å². The van der Waals surface area contributed by atoms with Crippen molar-refractivity contribution in [1.82, 2.24) is 10.2 Å². The Bertz CT molecular complexity index is 547. The molecule has 3 saturated heterocycles. The highest BCUT2D eigenvalue weighted by Gasteiger charge is 2.44. The monoisotopic (exact) mass is 328 g/mol. The van der Waals surface area contributed by atoms with Crippen LogP contribution in [0.5, 0.6) is 0 Å². The number of halogens is 3. The molecule has 0 aromatic rings. The standard InChI is InChI=1S/C17H23F3N2O/c1-11-9-13(17(18,19)20)3-6-16(11,2)15(23)21-14-10-22-7-4-12(14)5-8-22/h3,6,9,11-12,14H,4-5,7-8,10H2,1-2H3,(H,21,23)/t11?,14-,16?/m0/s1. The SMILES string of the molecule is CC1C=C(C(F)(F)F)C=CC1(C)C(=O)N[C@H]1CN2CCC1CC2. The highest BCUT2D eigenvalue weighted by atomic mass is 19.4. The zero-order chi connectivity index (χ0) is 16.8. The molecular weight excluding hydrogens is 305 g/mol. The Hall–Kier alpha value is -1.30. The fourth-order valence-electron chi connectivity index (χ4n) is 3.84. The van der Waals surface area contributed by atoms with Crippen LogP contribution in [0.15, 0.2) is 23.8 Å². The van der Waals surface area contributed by atoms with Gasteiger partial charge in [0.25, 0.3) is 0 Å². The van der Waals surface area contributed by atoms with Crippen LogP contribution in [0, 0.1) is 17.3 Å². The van der Waals surface area contributed by atoms with Crippen LogP contribution in [-0.4, -0.2) is 42.7 Å². The second-order valence-corrected chi connectivity index (χ2v) is 7.24. The third-order valence-corrected chi connectivity index (χ3v) is 5.77. The maximum atomic E-state index is 12.8. The molecule has 1 amide bonds. The lowest BCUT2D eigenvalue weighted by Gasteiger charge is -2.46. The summed E-state index contributed by atoms with van der Waals surface area (Å²) in [6.45, 7) is 6.42. The zero-order valence-corrected chi connectivity index (χ0v) is 13.5. The maximum absolute atomic E-state index is 12.8. The number of allylic oxidation sites excluding steroid dienone is 3. The number of nitrogens with zero attached hydrogens (tertiary/aromatic N) is 1. The first-order chi connectivity index (χ1) is 10.7. The Kier molecular flexibility index (Phi) is 4.07. The van der Waals surface area contributed by atoms with Crippen molar-refractivity contribution in [2.24, 2.45) is 17.3 Å². The van der Waals surface area contributed by atoms with Crippen molar-refractivity contribution in [1.29, 1.82) is 0 Å². The maximum Gasteiger partial charge on any atom is 0.416 e. The molecule has 3 atom stereocenters. The topological polar surface area (TPSA) is 32.3 Å². The Morgan fingerprint density at radius 3 is 2.48 bits per heavy atom. The van der Waals surface area contributed by atoms with Crippen molar-refractivity contribution >= 4 is 5.91 Å². The molecule has 1 N–H and O–H groups in total. The van der Waals surface area contributed by atoms with Crippen molar-refractivity contribution in [3.63, 3.8) is 0 Å². The Morgan fingerprint density at radius 1 is 1.35 bits per heavy atom. The summed E-state index contributed by atoms with van der Waals surface area (Å²) in [4.78, 5) is 15.1. The highest BCUT2D eigenvalue weighted by Crippen LogP contribution is 2.40. The summed E-state index contributed by atoms with van der Waals surface area (Å²) in [5, 5.41) is 3.10. The molecule has 3 aliphatic heterocycles. The van der Waals surface area contributed by atoms with Gasteiger partial charge in [-0.3, -0.25) is 4.79 Å². The van der Waals surface area contributed by atoms with E-state index >= 15 is 0 Å². The summed E-state index contributed by atoms with van der Waals surface area (Å²) < 4.78 is 38.4. The van der Waals surface area contributed by atoms with E-state index in [1.54, 1.807) is 13.8 Å². The van der Waals surface area contributed by atoms with Gasteiger partial charge < -0.3 is 10.2 Å². The van der Waals surface area contributed by atoms with E-state index in [0.29, 0.717) is 5.92 Å². The van der Waals surface area contributed by atoms with Gasteiger partial charge in [-0.2, -0.15) is 13.2 Å². The molecule has 128 valence electrons. The van der Waals surface area contributed by atoms with Crippen LogP contribution in [0.4, 0.5) is 13.2 Å². The summed E-state index contributed by atoms with van der Waals surface area (Å²) >= 11 is 0. The molecule has 0 saturated carbocycles. The van der Waals surface area contributed by atoms with Crippen molar-refractivity contribution in [2.75, 3.05) is 19.6 Å². The predicted molar refractivity (Wildman–Crippen MR) is 81.6 cm³/mol. The van der Waals surface area contributed by atoms with E-state index in [1.165, 1.54) is 6.08 Å². The number of hydrogen-bond acceptors (Lipinski definition) is 2. The summed E-state index contributed by atoms with van der Waals surface area (Å²) in [7, 11) is 0. The third-order valence-electron chi connectivity index (χ3n) is 5.77. The van der Waals surface area contributed by atoms with Gasteiger partial charge >= 0.3 is 6.18 Å². The Balaban J connectivity index is 1.70. The van der Waals surface area contributed by atoms with Gasteiger partial charge in [0.2, 0.25) is 5.91 Å². The Morgan fingerprint density at radius 2 is 2.00 bits per heavy atom. The number of piperidine rings is 3. The van der Waals surface area contributed by atoms with E-state index in [1.807, 2.05) is 0 Å². The van der Waals surface area contributed by atoms with E-state index < -0.39 is 23.1 Å². The number of alkyl halides is 3. The molecule has 0 spiro atoms. The van der Waals surface area contributed by atoms with Crippen molar-refractivity contribution in [3.05, 3.63) is 23.8 Å². The quantitative estimate of drug-likeness (QED) is 0.845. The van der Waals surface area contributed by atoms with Gasteiger partial charge in [0.15, 0.2) is 0 Å². The van der Waals surface area contributed by atoms with Gasteiger partial charge in [-0.1, -0.05) is 25.2 Å². The molecular formula is C17H23F3N2O. The summed E-state index contributed by atoms with van der Waals surface area (Å²) in [6, 6.07) is 0.121. The second-order valence-electron chi connectivity index (χ2n) is 7.24. The summed E-state index contributed by atoms with van der Waals surface area (Å²) in [6.07, 6.45) is 1.43. The van der Waals surface area contributed by atoms with Crippen LogP contribution in [0.1, 0.15) is 26.7 Å². The zero-order valence-electron chi connectivity index (χ0n) is 13.5. The fraction of sp³-hybridized carbons (Fsp3) is 0.706. The summed E-state index contributed by atoms with van der Waals surface area (Å²) in [5.74, 6) is -0.167. The lowest BCUT2D eigenvalue weighted by atomic mass is 9.72. The smallest absolute Gasteiger partial charge is 0.351 e. The average molecular weight is 328 g/mol. The molecule has 4 aliphatic rings. The lowest BCUT2D eigenvalue weighted by Crippen LogP contribution is -2.59. The van der Waals surface area contributed by atoms with E-state index in [2.05, 4.69) is 10.2 Å². The number of nitrogens with one attached hydrogen (secondary N) is 1.